The Balaban J connectivity index is 2.04. The molecular weight excluding hydrogens is 284 g/mol. The highest BCUT2D eigenvalue weighted by molar-refractivity contribution is 5.67. The number of para-hydroxylation sites is 1. The van der Waals surface area contributed by atoms with Crippen LogP contribution in [0.1, 0.15) is 0 Å². The molecule has 0 atom stereocenters. The van der Waals surface area contributed by atoms with Crippen LogP contribution < -0.4 is 9.47 Å². The van der Waals surface area contributed by atoms with Gasteiger partial charge < -0.3 is 19.0 Å². The topological polar surface area (TPSA) is 77.6 Å². The van der Waals surface area contributed by atoms with Gasteiger partial charge in [-0.15, -0.1) is 10.2 Å². The monoisotopic (exact) mass is 298 g/mol. The van der Waals surface area contributed by atoms with Gasteiger partial charge in [0.15, 0.2) is 0 Å². The average Bonchev–Trinajstić information content (AvgIpc) is 3.05. The van der Waals surface area contributed by atoms with Crippen molar-refractivity contribution in [3.63, 3.8) is 0 Å². The van der Waals surface area contributed by atoms with Crippen LogP contribution in [0.5, 0.6) is 17.2 Å². The summed E-state index contributed by atoms with van der Waals surface area (Å²) in [5, 5.41) is 18.0. The lowest BCUT2D eigenvalue weighted by Crippen LogP contribution is -1.87. The van der Waals surface area contributed by atoms with Gasteiger partial charge in [-0.25, -0.2) is 0 Å². The number of nitrogens with zero attached hydrogens (tertiary/aromatic N) is 2. The van der Waals surface area contributed by atoms with E-state index in [-0.39, 0.29) is 11.6 Å². The third-order valence-corrected chi connectivity index (χ3v) is 3.20. The minimum Gasteiger partial charge on any atom is -0.507 e. The lowest BCUT2D eigenvalue weighted by atomic mass is 10.2. The van der Waals surface area contributed by atoms with Gasteiger partial charge in [0.1, 0.15) is 17.2 Å². The van der Waals surface area contributed by atoms with Gasteiger partial charge in [-0.05, 0) is 30.3 Å². The maximum absolute atomic E-state index is 9.96. The van der Waals surface area contributed by atoms with Crippen LogP contribution in [0.15, 0.2) is 46.9 Å². The van der Waals surface area contributed by atoms with Crippen LogP contribution in [0.4, 0.5) is 0 Å². The average molecular weight is 298 g/mol. The molecule has 0 saturated carbocycles. The fourth-order valence-electron chi connectivity index (χ4n) is 2.08. The lowest BCUT2D eigenvalue weighted by Gasteiger charge is -2.04. The molecule has 0 fully saturated rings. The van der Waals surface area contributed by atoms with Gasteiger partial charge in [-0.3, -0.25) is 0 Å². The van der Waals surface area contributed by atoms with E-state index in [4.69, 9.17) is 13.9 Å². The fourth-order valence-corrected chi connectivity index (χ4v) is 2.08. The van der Waals surface area contributed by atoms with E-state index in [1.807, 2.05) is 24.3 Å². The maximum Gasteiger partial charge on any atom is 0.252 e. The summed E-state index contributed by atoms with van der Waals surface area (Å²) in [5.74, 6) is 1.78. The summed E-state index contributed by atoms with van der Waals surface area (Å²) in [4.78, 5) is 0. The van der Waals surface area contributed by atoms with E-state index in [1.54, 1.807) is 26.4 Å². The van der Waals surface area contributed by atoms with Crippen molar-refractivity contribution in [3.8, 4) is 40.2 Å². The lowest BCUT2D eigenvalue weighted by molar-refractivity contribution is 0.411. The Hall–Kier alpha value is -3.02. The minimum atomic E-state index is 0.0380. The van der Waals surface area contributed by atoms with Crippen molar-refractivity contribution >= 4 is 0 Å². The van der Waals surface area contributed by atoms with Crippen LogP contribution in [0, 0.1) is 0 Å². The largest absolute Gasteiger partial charge is 0.507 e. The number of phenolic OH excluding ortho intramolecular Hbond substituents is 1. The summed E-state index contributed by atoms with van der Waals surface area (Å²) in [5.41, 5.74) is 1.10. The van der Waals surface area contributed by atoms with E-state index in [0.717, 1.165) is 0 Å². The molecule has 0 unspecified atom stereocenters. The number of phenols is 1. The van der Waals surface area contributed by atoms with Crippen molar-refractivity contribution in [2.45, 2.75) is 0 Å². The molecule has 1 aromatic heterocycles. The molecule has 112 valence electrons. The maximum atomic E-state index is 9.96. The second-order valence-corrected chi connectivity index (χ2v) is 4.50. The van der Waals surface area contributed by atoms with Gasteiger partial charge in [-0.2, -0.15) is 0 Å². The first-order valence-corrected chi connectivity index (χ1v) is 6.57. The van der Waals surface area contributed by atoms with Gasteiger partial charge >= 0.3 is 0 Å². The first-order valence-electron chi connectivity index (χ1n) is 6.57. The third-order valence-electron chi connectivity index (χ3n) is 3.20. The number of rotatable bonds is 4. The summed E-state index contributed by atoms with van der Waals surface area (Å²) in [6.45, 7) is 0. The summed E-state index contributed by atoms with van der Waals surface area (Å²) in [7, 11) is 3.12. The van der Waals surface area contributed by atoms with E-state index >= 15 is 0 Å². The van der Waals surface area contributed by atoms with Crippen LogP contribution in [-0.4, -0.2) is 29.5 Å². The first kappa shape index (κ1) is 13.9. The van der Waals surface area contributed by atoms with Crippen molar-refractivity contribution in [1.82, 2.24) is 10.2 Å². The number of ether oxygens (including phenoxy) is 2. The molecule has 1 heterocycles. The van der Waals surface area contributed by atoms with Crippen LogP contribution in [0.3, 0.4) is 0 Å². The second kappa shape index (κ2) is 5.77. The summed E-state index contributed by atoms with van der Waals surface area (Å²) in [6.07, 6.45) is 0. The van der Waals surface area contributed by atoms with Gasteiger partial charge in [0.25, 0.3) is 11.8 Å². The highest BCUT2D eigenvalue weighted by Gasteiger charge is 2.16. The quantitative estimate of drug-likeness (QED) is 0.797. The second-order valence-electron chi connectivity index (χ2n) is 4.50. The first-order chi connectivity index (χ1) is 10.7. The van der Waals surface area contributed by atoms with Gasteiger partial charge in [0.2, 0.25) is 0 Å². The smallest absolute Gasteiger partial charge is 0.252 e. The molecule has 3 aromatic rings. The predicted molar refractivity (Wildman–Crippen MR) is 79.9 cm³/mol. The zero-order valence-corrected chi connectivity index (χ0v) is 12.1. The zero-order chi connectivity index (χ0) is 15.5. The molecule has 0 saturated heterocycles. The Kier molecular flexibility index (Phi) is 3.65. The Bertz CT molecular complexity index is 798. The number of hydrogen-bond donors (Lipinski definition) is 1. The van der Waals surface area contributed by atoms with Gasteiger partial charge in [0, 0.05) is 0 Å². The van der Waals surface area contributed by atoms with Crippen LogP contribution in [0.25, 0.3) is 22.9 Å². The number of benzene rings is 2. The highest BCUT2D eigenvalue weighted by atomic mass is 16.5. The SMILES string of the molecule is COc1ccc(O)c(-c2nnc(-c3ccccc3OC)o2)c1. The molecule has 0 aliphatic heterocycles. The Morgan fingerprint density at radius 1 is 0.909 bits per heavy atom. The van der Waals surface area contributed by atoms with Crippen molar-refractivity contribution < 1.29 is 19.0 Å². The van der Waals surface area contributed by atoms with E-state index in [9.17, 15) is 5.11 Å². The molecule has 0 aliphatic rings. The van der Waals surface area contributed by atoms with Gasteiger partial charge in [-0.1, -0.05) is 12.1 Å². The summed E-state index contributed by atoms with van der Waals surface area (Å²) >= 11 is 0. The van der Waals surface area contributed by atoms with Crippen LogP contribution in [-0.2, 0) is 0 Å². The van der Waals surface area contributed by atoms with Crippen molar-refractivity contribution in [1.29, 1.82) is 0 Å². The van der Waals surface area contributed by atoms with Crippen LogP contribution >= 0.6 is 0 Å². The third kappa shape index (κ3) is 2.46. The minimum absolute atomic E-state index is 0.0380. The number of aromatic hydroxyl groups is 1. The summed E-state index contributed by atoms with van der Waals surface area (Å²) < 4.78 is 16.1. The molecule has 0 radical (unpaired) electrons. The van der Waals surface area contributed by atoms with Crippen molar-refractivity contribution in [2.24, 2.45) is 0 Å². The van der Waals surface area contributed by atoms with Crippen molar-refractivity contribution in [2.75, 3.05) is 14.2 Å². The molecule has 0 amide bonds. The number of hydrogen-bond acceptors (Lipinski definition) is 6. The standard InChI is InChI=1S/C16H14N2O4/c1-20-10-7-8-13(19)12(9-10)16-18-17-15(22-16)11-5-3-4-6-14(11)21-2/h3-9,19H,1-2H3. The molecule has 0 spiro atoms. The van der Waals surface area contributed by atoms with Crippen LogP contribution in [0.2, 0.25) is 0 Å². The molecule has 0 bridgehead atoms. The zero-order valence-electron chi connectivity index (χ0n) is 12.1. The molecule has 1 N–H and O–H groups in total. The van der Waals surface area contributed by atoms with E-state index in [1.165, 1.54) is 6.07 Å². The van der Waals surface area contributed by atoms with Gasteiger partial charge in [0.05, 0.1) is 25.3 Å². The Labute approximate surface area is 126 Å². The van der Waals surface area contributed by atoms with E-state index in [0.29, 0.717) is 28.5 Å². The molecule has 2 aromatic carbocycles. The fraction of sp³-hybridized carbons (Fsp3) is 0.125. The Morgan fingerprint density at radius 2 is 1.64 bits per heavy atom. The normalized spacial score (nSPS) is 10.5. The molecule has 6 heteroatoms. The molecular formula is C16H14N2O4. The number of methoxy groups -OCH3 is 2. The molecule has 3 rings (SSSR count). The molecule has 22 heavy (non-hydrogen) atoms. The highest BCUT2D eigenvalue weighted by Crippen LogP contribution is 2.35. The van der Waals surface area contributed by atoms with E-state index < -0.39 is 0 Å². The Morgan fingerprint density at radius 3 is 2.36 bits per heavy atom. The number of aromatic nitrogens is 2. The van der Waals surface area contributed by atoms with Crippen molar-refractivity contribution in [3.05, 3.63) is 42.5 Å². The molecule has 0 aliphatic carbocycles. The predicted octanol–water partition coefficient (Wildman–Crippen LogP) is 3.13. The molecule has 6 nitrogen and oxygen atoms in total. The summed E-state index contributed by atoms with van der Waals surface area (Å²) in [6, 6.07) is 12.1. The van der Waals surface area contributed by atoms with E-state index in [2.05, 4.69) is 10.2 Å².